The van der Waals surface area contributed by atoms with E-state index in [2.05, 4.69) is 18.9 Å². The maximum Gasteiger partial charge on any atom is 0.137 e. The van der Waals surface area contributed by atoms with Crippen molar-refractivity contribution in [1.82, 2.24) is 4.90 Å². The molecule has 4 atom stereocenters. The zero-order chi connectivity index (χ0) is 11.0. The number of nitrogens with zero attached hydrogens (tertiary/aromatic N) is 1. The summed E-state index contributed by atoms with van der Waals surface area (Å²) in [6, 6.07) is 1.32. The fraction of sp³-hybridized carbons (Fsp3) is 0.923. The third kappa shape index (κ3) is 1.73. The van der Waals surface area contributed by atoms with E-state index in [-0.39, 0.29) is 0 Å². The molecular weight excluding hydrogens is 186 g/mol. The van der Waals surface area contributed by atoms with Crippen molar-refractivity contribution >= 4 is 5.78 Å². The number of rotatable bonds is 3. The summed E-state index contributed by atoms with van der Waals surface area (Å²) in [4.78, 5) is 14.5. The number of ketones is 1. The summed E-state index contributed by atoms with van der Waals surface area (Å²) < 4.78 is 0. The molecule has 0 aromatic rings. The second-order valence-corrected chi connectivity index (χ2v) is 5.21. The Morgan fingerprint density at radius 1 is 1.33 bits per heavy atom. The molecule has 15 heavy (non-hydrogen) atoms. The second kappa shape index (κ2) is 4.25. The number of hydrogen-bond acceptors (Lipinski definition) is 2. The molecule has 0 aliphatic carbocycles. The molecule has 2 nitrogen and oxygen atoms in total. The van der Waals surface area contributed by atoms with E-state index in [1.54, 1.807) is 0 Å². The molecule has 2 heterocycles. The molecule has 0 N–H and O–H groups in total. The highest BCUT2D eigenvalue weighted by Crippen LogP contribution is 2.43. The minimum absolute atomic E-state index is 0.337. The van der Waals surface area contributed by atoms with E-state index in [0.29, 0.717) is 23.7 Å². The summed E-state index contributed by atoms with van der Waals surface area (Å²) in [6.07, 6.45) is 5.70. The minimum Gasteiger partial charge on any atom is -0.300 e. The normalized spacial score (nSPS) is 40.7. The zero-order valence-electron chi connectivity index (χ0n) is 10.2. The molecule has 2 aliphatic rings. The van der Waals surface area contributed by atoms with Crippen LogP contribution >= 0.6 is 0 Å². The highest BCUT2D eigenvalue weighted by Gasteiger charge is 2.46. The van der Waals surface area contributed by atoms with Gasteiger partial charge in [-0.3, -0.25) is 9.69 Å². The van der Waals surface area contributed by atoms with Crippen molar-refractivity contribution in [2.45, 2.75) is 58.0 Å². The lowest BCUT2D eigenvalue weighted by molar-refractivity contribution is -0.128. The van der Waals surface area contributed by atoms with Crippen molar-refractivity contribution in [2.24, 2.45) is 11.8 Å². The van der Waals surface area contributed by atoms with E-state index in [1.807, 2.05) is 6.92 Å². The molecule has 0 aromatic carbocycles. The highest BCUT2D eigenvalue weighted by molar-refractivity contribution is 5.82. The Morgan fingerprint density at radius 2 is 2.07 bits per heavy atom. The van der Waals surface area contributed by atoms with Crippen LogP contribution in [0.1, 0.15) is 46.0 Å². The average Bonchev–Trinajstić information content (AvgIpc) is 2.52. The van der Waals surface area contributed by atoms with Crippen LogP contribution in [0, 0.1) is 11.8 Å². The van der Waals surface area contributed by atoms with Gasteiger partial charge in [0, 0.05) is 24.4 Å². The first kappa shape index (κ1) is 11.1. The number of carbonyl (C=O) groups excluding carboxylic acids is 1. The van der Waals surface area contributed by atoms with Crippen LogP contribution in [0.5, 0.6) is 0 Å². The smallest absolute Gasteiger partial charge is 0.137 e. The Bertz CT molecular complexity index is 251. The van der Waals surface area contributed by atoms with Gasteiger partial charge in [-0.2, -0.15) is 0 Å². The van der Waals surface area contributed by atoms with Gasteiger partial charge in [0.1, 0.15) is 5.78 Å². The van der Waals surface area contributed by atoms with E-state index in [0.717, 1.165) is 12.5 Å². The molecule has 2 aliphatic heterocycles. The lowest BCUT2D eigenvalue weighted by Crippen LogP contribution is -2.49. The molecule has 0 saturated carbocycles. The number of Topliss-reactive ketones (excluding diaryl/α,β-unsaturated/α-hetero) is 1. The third-order valence-electron chi connectivity index (χ3n) is 4.64. The van der Waals surface area contributed by atoms with Crippen LogP contribution < -0.4 is 0 Å². The molecule has 2 saturated heterocycles. The van der Waals surface area contributed by atoms with Crippen molar-refractivity contribution in [2.75, 3.05) is 7.05 Å². The number of carbonyl (C=O) groups is 1. The van der Waals surface area contributed by atoms with Crippen LogP contribution in [0.3, 0.4) is 0 Å². The van der Waals surface area contributed by atoms with Gasteiger partial charge < -0.3 is 0 Å². The predicted molar refractivity (Wildman–Crippen MR) is 61.8 cm³/mol. The van der Waals surface area contributed by atoms with Crippen molar-refractivity contribution in [3.8, 4) is 0 Å². The maximum absolute atomic E-state index is 12.0. The Hall–Kier alpha value is -0.370. The van der Waals surface area contributed by atoms with Crippen LogP contribution in [0.4, 0.5) is 0 Å². The Balaban J connectivity index is 2.20. The molecular formula is C13H23NO. The Labute approximate surface area is 93.0 Å². The van der Waals surface area contributed by atoms with E-state index < -0.39 is 0 Å². The number of piperidine rings is 1. The summed E-state index contributed by atoms with van der Waals surface area (Å²) in [5, 5.41) is 0. The van der Waals surface area contributed by atoms with E-state index in [1.165, 1.54) is 25.7 Å². The summed E-state index contributed by atoms with van der Waals surface area (Å²) in [6.45, 7) is 4.25. The van der Waals surface area contributed by atoms with Gasteiger partial charge in [0.2, 0.25) is 0 Å². The highest BCUT2D eigenvalue weighted by atomic mass is 16.1. The van der Waals surface area contributed by atoms with Gasteiger partial charge >= 0.3 is 0 Å². The van der Waals surface area contributed by atoms with Crippen molar-refractivity contribution < 1.29 is 4.79 Å². The van der Waals surface area contributed by atoms with Crippen LogP contribution in [0.25, 0.3) is 0 Å². The molecule has 2 rings (SSSR count). The van der Waals surface area contributed by atoms with Crippen LogP contribution in [0.2, 0.25) is 0 Å². The molecule has 2 fully saturated rings. The Morgan fingerprint density at radius 3 is 2.67 bits per heavy atom. The second-order valence-electron chi connectivity index (χ2n) is 5.21. The maximum atomic E-state index is 12.0. The predicted octanol–water partition coefficient (Wildman–Crippen LogP) is 2.47. The summed E-state index contributed by atoms with van der Waals surface area (Å²) in [5.74, 6) is 1.49. The van der Waals surface area contributed by atoms with Gasteiger partial charge in [-0.1, -0.05) is 20.3 Å². The first-order valence-corrected chi connectivity index (χ1v) is 6.43. The van der Waals surface area contributed by atoms with Gasteiger partial charge in [-0.25, -0.2) is 0 Å². The van der Waals surface area contributed by atoms with Crippen LogP contribution in [-0.2, 0) is 4.79 Å². The van der Waals surface area contributed by atoms with Crippen LogP contribution in [-0.4, -0.2) is 29.8 Å². The van der Waals surface area contributed by atoms with Crippen molar-refractivity contribution in [3.05, 3.63) is 0 Å². The molecule has 0 aromatic heterocycles. The molecule has 0 unspecified atom stereocenters. The minimum atomic E-state index is 0.337. The van der Waals surface area contributed by atoms with E-state index >= 15 is 0 Å². The quantitative estimate of drug-likeness (QED) is 0.711. The Kier molecular flexibility index (Phi) is 3.15. The zero-order valence-corrected chi connectivity index (χ0v) is 10.2. The molecule has 2 bridgehead atoms. The molecule has 0 spiro atoms. The summed E-state index contributed by atoms with van der Waals surface area (Å²) in [5.41, 5.74) is 0. The van der Waals surface area contributed by atoms with Gasteiger partial charge in [-0.05, 0) is 32.2 Å². The molecule has 2 heteroatoms. The van der Waals surface area contributed by atoms with E-state index in [9.17, 15) is 4.79 Å². The molecule has 0 radical (unpaired) electrons. The SMILES string of the molecule is CCC(=O)[C@@H]1[C@@H](CC)C[C@@H]2CC[C@H]1N2C. The van der Waals surface area contributed by atoms with Gasteiger partial charge in [0.05, 0.1) is 0 Å². The van der Waals surface area contributed by atoms with E-state index in [4.69, 9.17) is 0 Å². The standard InChI is InChI=1S/C13H23NO/c1-4-9-8-10-6-7-11(14(10)3)13(9)12(15)5-2/h9-11,13H,4-8H2,1-3H3/t9-,10-,11+,13+/m0/s1. The van der Waals surface area contributed by atoms with Gasteiger partial charge in [0.15, 0.2) is 0 Å². The summed E-state index contributed by atoms with van der Waals surface area (Å²) >= 11 is 0. The first-order valence-electron chi connectivity index (χ1n) is 6.43. The first-order chi connectivity index (χ1) is 7.19. The van der Waals surface area contributed by atoms with Gasteiger partial charge in [0.25, 0.3) is 0 Å². The lowest BCUT2D eigenvalue weighted by atomic mass is 9.76. The fourth-order valence-electron chi connectivity index (χ4n) is 3.70. The number of fused-ring (bicyclic) bond motifs is 2. The van der Waals surface area contributed by atoms with Crippen molar-refractivity contribution in [3.63, 3.8) is 0 Å². The molecule has 86 valence electrons. The monoisotopic (exact) mass is 209 g/mol. The van der Waals surface area contributed by atoms with Crippen LogP contribution in [0.15, 0.2) is 0 Å². The lowest BCUT2D eigenvalue weighted by Gasteiger charge is -2.42. The average molecular weight is 209 g/mol. The van der Waals surface area contributed by atoms with Crippen molar-refractivity contribution in [1.29, 1.82) is 0 Å². The largest absolute Gasteiger partial charge is 0.300 e. The topological polar surface area (TPSA) is 20.3 Å². The number of hydrogen-bond donors (Lipinski definition) is 0. The third-order valence-corrected chi connectivity index (χ3v) is 4.64. The fourth-order valence-corrected chi connectivity index (χ4v) is 3.70. The molecule has 0 amide bonds. The van der Waals surface area contributed by atoms with Gasteiger partial charge in [-0.15, -0.1) is 0 Å². The summed E-state index contributed by atoms with van der Waals surface area (Å²) in [7, 11) is 2.21.